The van der Waals surface area contributed by atoms with Crippen molar-refractivity contribution in [3.63, 3.8) is 0 Å². The van der Waals surface area contributed by atoms with Crippen LogP contribution in [-0.4, -0.2) is 29.1 Å². The second kappa shape index (κ2) is 7.41. The molecule has 1 N–H and O–H groups in total. The molecule has 0 aliphatic rings. The first-order valence-corrected chi connectivity index (χ1v) is 6.88. The van der Waals surface area contributed by atoms with E-state index in [1.807, 2.05) is 35.2 Å². The molecule has 21 heavy (non-hydrogen) atoms. The SMILES string of the molecule is C=CCN(CC(=O)O)Cc1ccc(-c2ccccc2)cc1. The average Bonchev–Trinajstić information content (AvgIpc) is 2.48. The molecular weight excluding hydrogens is 262 g/mol. The predicted octanol–water partition coefficient (Wildman–Crippen LogP) is 3.43. The van der Waals surface area contributed by atoms with E-state index < -0.39 is 5.97 Å². The summed E-state index contributed by atoms with van der Waals surface area (Å²) < 4.78 is 0. The number of aliphatic carboxylic acids is 1. The number of carbonyl (C=O) groups is 1. The van der Waals surface area contributed by atoms with Crippen LogP contribution in [0.25, 0.3) is 11.1 Å². The largest absolute Gasteiger partial charge is 0.480 e. The molecule has 2 aromatic carbocycles. The maximum absolute atomic E-state index is 10.8. The van der Waals surface area contributed by atoms with Gasteiger partial charge in [0.05, 0.1) is 6.54 Å². The van der Waals surface area contributed by atoms with Gasteiger partial charge < -0.3 is 5.11 Å². The number of carboxylic acid groups (broad SMARTS) is 1. The number of rotatable bonds is 7. The Balaban J connectivity index is 2.07. The highest BCUT2D eigenvalue weighted by Crippen LogP contribution is 2.19. The monoisotopic (exact) mass is 281 g/mol. The second-order valence-corrected chi connectivity index (χ2v) is 4.91. The van der Waals surface area contributed by atoms with Crippen molar-refractivity contribution >= 4 is 5.97 Å². The lowest BCUT2D eigenvalue weighted by Crippen LogP contribution is -2.29. The van der Waals surface area contributed by atoms with Crippen molar-refractivity contribution in [2.75, 3.05) is 13.1 Å². The van der Waals surface area contributed by atoms with Crippen LogP contribution < -0.4 is 0 Å². The Labute approximate surface area is 125 Å². The number of nitrogens with zero attached hydrogens (tertiary/aromatic N) is 1. The minimum absolute atomic E-state index is 0.0203. The molecule has 3 nitrogen and oxygen atoms in total. The van der Waals surface area contributed by atoms with Crippen molar-refractivity contribution in [2.45, 2.75) is 6.54 Å². The molecule has 0 aliphatic carbocycles. The maximum Gasteiger partial charge on any atom is 0.317 e. The summed E-state index contributed by atoms with van der Waals surface area (Å²) in [5, 5.41) is 8.91. The van der Waals surface area contributed by atoms with E-state index in [1.165, 1.54) is 5.56 Å². The van der Waals surface area contributed by atoms with Crippen LogP contribution in [0.5, 0.6) is 0 Å². The van der Waals surface area contributed by atoms with Gasteiger partial charge in [0, 0.05) is 13.1 Å². The van der Waals surface area contributed by atoms with Crippen LogP contribution in [-0.2, 0) is 11.3 Å². The van der Waals surface area contributed by atoms with Gasteiger partial charge in [-0.1, -0.05) is 60.7 Å². The number of hydrogen-bond acceptors (Lipinski definition) is 2. The molecule has 0 bridgehead atoms. The third kappa shape index (κ3) is 4.58. The minimum Gasteiger partial charge on any atom is -0.480 e. The standard InChI is InChI=1S/C18H19NO2/c1-2-12-19(14-18(20)21)13-15-8-10-17(11-9-15)16-6-4-3-5-7-16/h2-11H,1,12-14H2,(H,20,21). The predicted molar refractivity (Wildman–Crippen MR) is 85.0 cm³/mol. The fraction of sp³-hybridized carbons (Fsp3) is 0.167. The van der Waals surface area contributed by atoms with Crippen LogP contribution in [0, 0.1) is 0 Å². The molecule has 0 spiro atoms. The molecular formula is C18H19NO2. The van der Waals surface area contributed by atoms with Crippen LogP contribution in [0.1, 0.15) is 5.56 Å². The Bertz CT molecular complexity index is 590. The number of hydrogen-bond donors (Lipinski definition) is 1. The fourth-order valence-corrected chi connectivity index (χ4v) is 2.25. The summed E-state index contributed by atoms with van der Waals surface area (Å²) >= 11 is 0. The maximum atomic E-state index is 10.8. The summed E-state index contributed by atoms with van der Waals surface area (Å²) in [5.41, 5.74) is 3.43. The van der Waals surface area contributed by atoms with Crippen LogP contribution >= 0.6 is 0 Å². The fourth-order valence-electron chi connectivity index (χ4n) is 2.25. The van der Waals surface area contributed by atoms with Gasteiger partial charge in [-0.25, -0.2) is 0 Å². The molecule has 3 heteroatoms. The normalized spacial score (nSPS) is 10.5. The molecule has 0 saturated carbocycles. The Kier molecular flexibility index (Phi) is 5.29. The highest BCUT2D eigenvalue weighted by Gasteiger charge is 2.08. The summed E-state index contributed by atoms with van der Waals surface area (Å²) in [4.78, 5) is 12.7. The van der Waals surface area contributed by atoms with Crippen LogP contribution in [0.15, 0.2) is 67.3 Å². The van der Waals surface area contributed by atoms with Gasteiger partial charge in [-0.15, -0.1) is 6.58 Å². The first kappa shape index (κ1) is 15.0. The number of carboxylic acids is 1. The Morgan fingerprint density at radius 3 is 2.24 bits per heavy atom. The number of benzene rings is 2. The molecule has 0 radical (unpaired) electrons. The van der Waals surface area contributed by atoms with Crippen molar-refractivity contribution in [1.29, 1.82) is 0 Å². The van der Waals surface area contributed by atoms with E-state index in [-0.39, 0.29) is 6.54 Å². The Hall–Kier alpha value is -2.39. The third-order valence-corrected chi connectivity index (χ3v) is 3.21. The van der Waals surface area contributed by atoms with E-state index in [9.17, 15) is 4.79 Å². The molecule has 0 heterocycles. The molecule has 0 aliphatic heterocycles. The molecule has 0 atom stereocenters. The lowest BCUT2D eigenvalue weighted by atomic mass is 10.0. The molecule has 0 unspecified atom stereocenters. The van der Waals surface area contributed by atoms with Crippen molar-refractivity contribution in [1.82, 2.24) is 4.90 Å². The summed E-state index contributed by atoms with van der Waals surface area (Å²) in [6.45, 7) is 4.86. The van der Waals surface area contributed by atoms with E-state index in [4.69, 9.17) is 5.11 Å². The molecule has 0 amide bonds. The van der Waals surface area contributed by atoms with Gasteiger partial charge in [0.15, 0.2) is 0 Å². The summed E-state index contributed by atoms with van der Waals surface area (Å²) in [6.07, 6.45) is 1.72. The second-order valence-electron chi connectivity index (χ2n) is 4.91. The molecule has 0 fully saturated rings. The summed E-state index contributed by atoms with van der Waals surface area (Å²) in [5.74, 6) is -0.822. The van der Waals surface area contributed by atoms with E-state index in [2.05, 4.69) is 30.8 Å². The van der Waals surface area contributed by atoms with Gasteiger partial charge in [-0.2, -0.15) is 0 Å². The van der Waals surface area contributed by atoms with Crippen molar-refractivity contribution in [3.8, 4) is 11.1 Å². The highest BCUT2D eigenvalue weighted by atomic mass is 16.4. The topological polar surface area (TPSA) is 40.5 Å². The van der Waals surface area contributed by atoms with E-state index in [0.29, 0.717) is 13.1 Å². The van der Waals surface area contributed by atoms with Gasteiger partial charge >= 0.3 is 5.97 Å². The smallest absolute Gasteiger partial charge is 0.317 e. The van der Waals surface area contributed by atoms with Crippen molar-refractivity contribution < 1.29 is 9.90 Å². The van der Waals surface area contributed by atoms with E-state index in [1.54, 1.807) is 6.08 Å². The molecule has 2 aromatic rings. The van der Waals surface area contributed by atoms with E-state index in [0.717, 1.165) is 11.1 Å². The van der Waals surface area contributed by atoms with Gasteiger partial charge in [0.2, 0.25) is 0 Å². The van der Waals surface area contributed by atoms with Crippen LogP contribution in [0.3, 0.4) is 0 Å². The van der Waals surface area contributed by atoms with Gasteiger partial charge in [0.25, 0.3) is 0 Å². The molecule has 0 saturated heterocycles. The lowest BCUT2D eigenvalue weighted by molar-refractivity contribution is -0.138. The minimum atomic E-state index is -0.822. The quantitative estimate of drug-likeness (QED) is 0.790. The molecule has 0 aromatic heterocycles. The van der Waals surface area contributed by atoms with E-state index >= 15 is 0 Å². The summed E-state index contributed by atoms with van der Waals surface area (Å²) in [6, 6.07) is 18.4. The average molecular weight is 281 g/mol. The highest BCUT2D eigenvalue weighted by molar-refractivity contribution is 5.69. The molecule has 108 valence electrons. The zero-order chi connectivity index (χ0) is 15.1. The Morgan fingerprint density at radius 1 is 1.05 bits per heavy atom. The van der Waals surface area contributed by atoms with Crippen LogP contribution in [0.4, 0.5) is 0 Å². The van der Waals surface area contributed by atoms with Crippen LogP contribution in [0.2, 0.25) is 0 Å². The Morgan fingerprint density at radius 2 is 1.67 bits per heavy atom. The van der Waals surface area contributed by atoms with Gasteiger partial charge in [0.1, 0.15) is 0 Å². The zero-order valence-corrected chi connectivity index (χ0v) is 11.9. The zero-order valence-electron chi connectivity index (χ0n) is 11.9. The van der Waals surface area contributed by atoms with Crippen molar-refractivity contribution in [2.24, 2.45) is 0 Å². The van der Waals surface area contributed by atoms with Gasteiger partial charge in [-0.05, 0) is 16.7 Å². The lowest BCUT2D eigenvalue weighted by Gasteiger charge is -2.18. The summed E-state index contributed by atoms with van der Waals surface area (Å²) in [7, 11) is 0. The third-order valence-electron chi connectivity index (χ3n) is 3.21. The first-order chi connectivity index (χ1) is 10.2. The van der Waals surface area contributed by atoms with Gasteiger partial charge in [-0.3, -0.25) is 9.69 Å². The van der Waals surface area contributed by atoms with Crippen molar-refractivity contribution in [3.05, 3.63) is 72.8 Å². The first-order valence-electron chi connectivity index (χ1n) is 6.88. The molecule has 2 rings (SSSR count).